The first-order valence-corrected chi connectivity index (χ1v) is 16.1. The van der Waals surface area contributed by atoms with Crippen LogP contribution in [-0.4, -0.2) is 108 Å². The third-order valence-corrected chi connectivity index (χ3v) is 9.36. The number of carbonyl (C=O) groups excluding carboxylic acids is 2. The van der Waals surface area contributed by atoms with Crippen molar-refractivity contribution in [3.8, 4) is 0 Å². The average Bonchev–Trinajstić information content (AvgIpc) is 3.24. The standard InChI is InChI=1S/C34H46O15/c1-6-18(2)12-13-23(36)17-24(37)47-27-26(38)32(48-28(29(39)40)33(45,30(41)42)34(27,49-32)31(43)44)15-14-19(3)25(46-21(5)35)20(4)16-22-10-8-7-9-11-22/h7-11,18,20,23,25-28,36,38,45H,3,6,12-17H2,1-2,4-5H3,(H,39,40)(H,41,42)(H,43,44). The van der Waals surface area contributed by atoms with E-state index in [2.05, 4.69) is 6.58 Å². The molecular formula is C34H46O15. The summed E-state index contributed by atoms with van der Waals surface area (Å²) in [6.07, 6.45) is -9.55. The number of carbonyl (C=O) groups is 5. The first kappa shape index (κ1) is 39.5. The van der Waals surface area contributed by atoms with Crippen molar-refractivity contribution in [2.45, 2.75) is 120 Å². The van der Waals surface area contributed by atoms with E-state index in [1.54, 1.807) is 6.92 Å². The van der Waals surface area contributed by atoms with Crippen LogP contribution < -0.4 is 0 Å². The molecule has 2 bridgehead atoms. The van der Waals surface area contributed by atoms with Gasteiger partial charge in [0.05, 0.1) is 12.5 Å². The molecule has 1 aromatic rings. The van der Waals surface area contributed by atoms with E-state index in [-0.39, 0.29) is 30.3 Å². The zero-order chi connectivity index (χ0) is 36.9. The Labute approximate surface area is 283 Å². The number of aliphatic carboxylic acids is 3. The first-order chi connectivity index (χ1) is 22.9. The maximum atomic E-state index is 13.0. The van der Waals surface area contributed by atoms with Gasteiger partial charge < -0.3 is 49.6 Å². The Morgan fingerprint density at radius 3 is 2.18 bits per heavy atom. The van der Waals surface area contributed by atoms with Crippen molar-refractivity contribution in [3.63, 3.8) is 0 Å². The smallest absolute Gasteiger partial charge is 0.344 e. The fourth-order valence-corrected chi connectivity index (χ4v) is 6.46. The molecule has 0 amide bonds. The predicted molar refractivity (Wildman–Crippen MR) is 168 cm³/mol. The topological polar surface area (TPSA) is 244 Å². The van der Waals surface area contributed by atoms with Crippen LogP contribution in [-0.2, 0) is 49.3 Å². The van der Waals surface area contributed by atoms with Crippen LogP contribution in [0, 0.1) is 11.8 Å². The minimum absolute atomic E-state index is 0.166. The number of benzene rings is 1. The summed E-state index contributed by atoms with van der Waals surface area (Å²) in [6.45, 7) is 10.9. The van der Waals surface area contributed by atoms with Gasteiger partial charge in [-0.25, -0.2) is 14.4 Å². The number of hydrogen-bond acceptors (Lipinski definition) is 12. The number of aliphatic hydroxyl groups is 3. The second-order valence-corrected chi connectivity index (χ2v) is 13.0. The lowest BCUT2D eigenvalue weighted by Crippen LogP contribution is -2.78. The molecule has 10 unspecified atom stereocenters. The Hall–Kier alpha value is -3.89. The van der Waals surface area contributed by atoms with E-state index in [1.807, 2.05) is 44.2 Å². The van der Waals surface area contributed by atoms with Crippen molar-refractivity contribution in [3.05, 3.63) is 48.0 Å². The van der Waals surface area contributed by atoms with E-state index in [4.69, 9.17) is 18.9 Å². The van der Waals surface area contributed by atoms with Crippen LogP contribution in [0.15, 0.2) is 42.5 Å². The maximum absolute atomic E-state index is 13.0. The van der Waals surface area contributed by atoms with E-state index < -0.39 is 90.2 Å². The zero-order valence-corrected chi connectivity index (χ0v) is 27.9. The summed E-state index contributed by atoms with van der Waals surface area (Å²) in [6, 6.07) is 9.24. The van der Waals surface area contributed by atoms with Gasteiger partial charge in [0.25, 0.3) is 0 Å². The van der Waals surface area contributed by atoms with E-state index in [1.165, 1.54) is 6.92 Å². The summed E-state index contributed by atoms with van der Waals surface area (Å²) in [7, 11) is 0. The van der Waals surface area contributed by atoms with Crippen LogP contribution in [0.25, 0.3) is 0 Å². The molecule has 0 saturated carbocycles. The highest BCUT2D eigenvalue weighted by Gasteiger charge is 2.85. The van der Waals surface area contributed by atoms with Gasteiger partial charge in [-0.15, -0.1) is 0 Å². The normalized spacial score (nSPS) is 30.0. The molecule has 272 valence electrons. The van der Waals surface area contributed by atoms with Gasteiger partial charge in [0.2, 0.25) is 23.1 Å². The molecule has 15 nitrogen and oxygen atoms in total. The number of carboxylic acid groups (broad SMARTS) is 3. The molecule has 2 aliphatic heterocycles. The lowest BCUT2D eigenvalue weighted by atomic mass is 9.74. The summed E-state index contributed by atoms with van der Waals surface area (Å²) in [5.74, 6) is -11.5. The predicted octanol–water partition coefficient (Wildman–Crippen LogP) is 1.83. The second kappa shape index (κ2) is 15.8. The van der Waals surface area contributed by atoms with Gasteiger partial charge in [-0.05, 0) is 42.7 Å². The van der Waals surface area contributed by atoms with Crippen LogP contribution in [0.4, 0.5) is 0 Å². The molecule has 3 rings (SSSR count). The summed E-state index contributed by atoms with van der Waals surface area (Å²) >= 11 is 0. The van der Waals surface area contributed by atoms with Crippen LogP contribution in [0.1, 0.15) is 71.8 Å². The van der Waals surface area contributed by atoms with Crippen molar-refractivity contribution < 1.29 is 73.6 Å². The lowest BCUT2D eigenvalue weighted by Gasteiger charge is -2.48. The third kappa shape index (κ3) is 7.96. The molecule has 0 radical (unpaired) electrons. The highest BCUT2D eigenvalue weighted by atomic mass is 16.8. The Morgan fingerprint density at radius 2 is 1.65 bits per heavy atom. The number of hydrogen-bond donors (Lipinski definition) is 6. The van der Waals surface area contributed by atoms with E-state index in [0.717, 1.165) is 12.0 Å². The lowest BCUT2D eigenvalue weighted by molar-refractivity contribution is -0.374. The van der Waals surface area contributed by atoms with Crippen molar-refractivity contribution in [1.29, 1.82) is 0 Å². The summed E-state index contributed by atoms with van der Waals surface area (Å²) in [5.41, 5.74) is -6.40. The van der Waals surface area contributed by atoms with E-state index >= 15 is 0 Å². The number of esters is 2. The number of ether oxygens (including phenoxy) is 4. The van der Waals surface area contributed by atoms with E-state index in [0.29, 0.717) is 12.8 Å². The van der Waals surface area contributed by atoms with Gasteiger partial charge in [0.1, 0.15) is 12.2 Å². The Kier molecular flexibility index (Phi) is 12.7. The molecule has 10 atom stereocenters. The molecule has 15 heteroatoms. The Balaban J connectivity index is 1.99. The molecule has 2 fully saturated rings. The van der Waals surface area contributed by atoms with Gasteiger partial charge in [-0.3, -0.25) is 9.59 Å². The second-order valence-electron chi connectivity index (χ2n) is 13.0. The zero-order valence-electron chi connectivity index (χ0n) is 27.9. The fraction of sp³-hybridized carbons (Fsp3) is 0.618. The first-order valence-electron chi connectivity index (χ1n) is 16.1. The number of aliphatic hydroxyl groups excluding tert-OH is 2. The van der Waals surface area contributed by atoms with Crippen molar-refractivity contribution in [2.24, 2.45) is 11.8 Å². The quantitative estimate of drug-likeness (QED) is 0.0948. The number of carboxylic acids is 3. The number of rotatable bonds is 18. The van der Waals surface area contributed by atoms with Gasteiger partial charge in [0.15, 0.2) is 6.10 Å². The SMILES string of the molecule is C=C(CCC12OC(C(=O)O)C(O)(C(=O)O)C(C(=O)O)(O1)C(OC(=O)CC(O)CCC(C)CC)C2O)C(OC(C)=O)C(C)Cc1ccccc1. The molecule has 0 spiro atoms. The molecule has 49 heavy (non-hydrogen) atoms. The highest BCUT2D eigenvalue weighted by molar-refractivity contribution is 5.98. The van der Waals surface area contributed by atoms with Gasteiger partial charge >= 0.3 is 29.8 Å². The monoisotopic (exact) mass is 694 g/mol. The minimum atomic E-state index is -3.94. The van der Waals surface area contributed by atoms with Crippen LogP contribution in [0.3, 0.4) is 0 Å². The highest BCUT2D eigenvalue weighted by Crippen LogP contribution is 2.56. The van der Waals surface area contributed by atoms with Gasteiger partial charge in [-0.1, -0.05) is 64.1 Å². The largest absolute Gasteiger partial charge is 0.479 e. The molecule has 1 aromatic carbocycles. The third-order valence-electron chi connectivity index (χ3n) is 9.36. The average molecular weight is 695 g/mol. The molecule has 0 aliphatic carbocycles. The molecule has 0 aromatic heterocycles. The molecule has 2 aliphatic rings. The molecule has 6 N–H and O–H groups in total. The van der Waals surface area contributed by atoms with Crippen molar-refractivity contribution in [1.82, 2.24) is 0 Å². The van der Waals surface area contributed by atoms with Crippen LogP contribution >= 0.6 is 0 Å². The van der Waals surface area contributed by atoms with Crippen LogP contribution in [0.2, 0.25) is 0 Å². The van der Waals surface area contributed by atoms with E-state index in [9.17, 15) is 54.6 Å². The van der Waals surface area contributed by atoms with Gasteiger partial charge in [0, 0.05) is 19.3 Å². The molecule has 2 heterocycles. The van der Waals surface area contributed by atoms with Crippen molar-refractivity contribution in [2.75, 3.05) is 0 Å². The summed E-state index contributed by atoms with van der Waals surface area (Å²) in [5, 5.41) is 63.8. The summed E-state index contributed by atoms with van der Waals surface area (Å²) in [4.78, 5) is 62.9. The van der Waals surface area contributed by atoms with Crippen molar-refractivity contribution >= 4 is 29.8 Å². The Bertz CT molecular complexity index is 1400. The number of fused-ring (bicyclic) bond motifs is 2. The maximum Gasteiger partial charge on any atom is 0.344 e. The van der Waals surface area contributed by atoms with Crippen LogP contribution in [0.5, 0.6) is 0 Å². The fourth-order valence-electron chi connectivity index (χ4n) is 6.46. The molecular weight excluding hydrogens is 648 g/mol. The molecule has 2 saturated heterocycles. The minimum Gasteiger partial charge on any atom is -0.479 e. The Morgan fingerprint density at radius 1 is 1.02 bits per heavy atom. The summed E-state index contributed by atoms with van der Waals surface area (Å²) < 4.78 is 21.9. The van der Waals surface area contributed by atoms with Gasteiger partial charge in [-0.2, -0.15) is 0 Å².